The summed E-state index contributed by atoms with van der Waals surface area (Å²) < 4.78 is 0. The summed E-state index contributed by atoms with van der Waals surface area (Å²) in [5.74, 6) is 2.45. The first kappa shape index (κ1) is 16.3. The smallest absolute Gasteiger partial charge is 0.233 e. The molecule has 2 bridgehead atoms. The van der Waals surface area contributed by atoms with Gasteiger partial charge in [-0.25, -0.2) is 0 Å². The van der Waals surface area contributed by atoms with Crippen molar-refractivity contribution in [3.63, 3.8) is 0 Å². The molecule has 2 saturated carbocycles. The number of aromatic nitrogens is 3. The molecule has 5 unspecified atom stereocenters. The zero-order valence-corrected chi connectivity index (χ0v) is 14.3. The Morgan fingerprint density at radius 2 is 1.87 bits per heavy atom. The number of amides is 1. The predicted octanol–water partition coefficient (Wildman–Crippen LogP) is 1.46. The fourth-order valence-corrected chi connectivity index (χ4v) is 4.79. The maximum absolute atomic E-state index is 12.4. The highest BCUT2D eigenvalue weighted by atomic mass is 32.2. The van der Waals surface area contributed by atoms with Gasteiger partial charge < -0.3 is 16.8 Å². The minimum atomic E-state index is -0.308. The molecule has 1 amide bonds. The minimum Gasteiger partial charge on any atom is -0.368 e. The van der Waals surface area contributed by atoms with Crippen LogP contribution >= 0.6 is 11.8 Å². The normalized spacial score (nSPS) is 28.5. The van der Waals surface area contributed by atoms with Crippen LogP contribution in [0, 0.1) is 17.8 Å². The van der Waals surface area contributed by atoms with E-state index < -0.39 is 0 Å². The first-order valence-corrected chi connectivity index (χ1v) is 9.04. The van der Waals surface area contributed by atoms with Crippen molar-refractivity contribution in [2.24, 2.45) is 17.8 Å². The summed E-state index contributed by atoms with van der Waals surface area (Å²) in [7, 11) is 0. The molecule has 0 aliphatic heterocycles. The zero-order chi connectivity index (χ0) is 16.6. The van der Waals surface area contributed by atoms with Crippen LogP contribution in [0.5, 0.6) is 0 Å². The molecule has 5 atom stereocenters. The second-order valence-electron chi connectivity index (χ2n) is 6.73. The Balaban J connectivity index is 1.55. The molecule has 8 heteroatoms. The quantitative estimate of drug-likeness (QED) is 0.696. The molecule has 0 saturated heterocycles. The van der Waals surface area contributed by atoms with E-state index in [-0.39, 0.29) is 29.1 Å². The van der Waals surface area contributed by atoms with E-state index in [0.717, 1.165) is 11.8 Å². The van der Waals surface area contributed by atoms with Crippen molar-refractivity contribution >= 4 is 29.6 Å². The van der Waals surface area contributed by atoms with Crippen LogP contribution in [-0.4, -0.2) is 32.2 Å². The van der Waals surface area contributed by atoms with Gasteiger partial charge in [0.05, 0.1) is 5.25 Å². The van der Waals surface area contributed by atoms with Gasteiger partial charge in [0.1, 0.15) is 0 Å². The van der Waals surface area contributed by atoms with Crippen molar-refractivity contribution in [3.8, 4) is 0 Å². The molecule has 7 nitrogen and oxygen atoms in total. The number of thioether (sulfide) groups is 1. The highest BCUT2D eigenvalue weighted by Crippen LogP contribution is 2.49. The highest BCUT2D eigenvalue weighted by molar-refractivity contribution is 8.00. The lowest BCUT2D eigenvalue weighted by molar-refractivity contribution is -0.121. The predicted molar refractivity (Wildman–Crippen MR) is 90.5 cm³/mol. The second kappa shape index (κ2) is 6.51. The fourth-order valence-electron chi connectivity index (χ4n) is 4.01. The van der Waals surface area contributed by atoms with Gasteiger partial charge in [-0.05, 0) is 50.9 Å². The fraction of sp³-hybridized carbons (Fsp3) is 0.733. The van der Waals surface area contributed by atoms with Gasteiger partial charge >= 0.3 is 0 Å². The Morgan fingerprint density at radius 1 is 1.17 bits per heavy atom. The number of nitrogen functional groups attached to an aromatic ring is 2. The van der Waals surface area contributed by atoms with Crippen molar-refractivity contribution in [2.75, 3.05) is 11.5 Å². The Hall–Kier alpha value is -1.57. The molecule has 0 aromatic carbocycles. The molecule has 2 aliphatic carbocycles. The number of carbonyl (C=O) groups is 1. The zero-order valence-electron chi connectivity index (χ0n) is 13.5. The average molecular weight is 336 g/mol. The lowest BCUT2D eigenvalue weighted by Gasteiger charge is -2.29. The van der Waals surface area contributed by atoms with E-state index in [1.165, 1.54) is 37.4 Å². The maximum atomic E-state index is 12.4. The molecular formula is C15H24N6OS. The van der Waals surface area contributed by atoms with E-state index in [1.807, 2.05) is 6.92 Å². The number of carbonyl (C=O) groups excluding carboxylic acids is 1. The van der Waals surface area contributed by atoms with Crippen LogP contribution in [-0.2, 0) is 4.79 Å². The third kappa shape index (κ3) is 3.68. The van der Waals surface area contributed by atoms with Gasteiger partial charge in [-0.3, -0.25) is 4.79 Å². The van der Waals surface area contributed by atoms with E-state index in [2.05, 4.69) is 27.2 Å². The summed E-state index contributed by atoms with van der Waals surface area (Å²) >= 11 is 1.25. The number of nitrogens with two attached hydrogens (primary N) is 2. The molecule has 126 valence electrons. The SMILES string of the molecule is CC(Sc1nc(N)nc(N)n1)C(=O)NC(C)C1CC2CCC1C2. The molecule has 5 N–H and O–H groups in total. The van der Waals surface area contributed by atoms with Crippen molar-refractivity contribution in [3.05, 3.63) is 0 Å². The van der Waals surface area contributed by atoms with E-state index in [9.17, 15) is 4.79 Å². The summed E-state index contributed by atoms with van der Waals surface area (Å²) in [4.78, 5) is 24.2. The molecule has 0 spiro atoms. The number of hydrogen-bond acceptors (Lipinski definition) is 7. The Bertz CT molecular complexity index is 577. The number of hydrogen-bond donors (Lipinski definition) is 3. The first-order valence-electron chi connectivity index (χ1n) is 8.16. The minimum absolute atomic E-state index is 0.00262. The standard InChI is InChI=1S/C15H24N6OS/c1-7(11-6-9-3-4-10(11)5-9)18-12(22)8(2)23-15-20-13(16)19-14(17)21-15/h7-11H,3-6H2,1-2H3,(H,18,22)(H4,16,17,19,20,21). The average Bonchev–Trinajstić information content (AvgIpc) is 3.08. The number of anilines is 2. The van der Waals surface area contributed by atoms with Crippen molar-refractivity contribution < 1.29 is 4.79 Å². The first-order chi connectivity index (χ1) is 10.9. The largest absolute Gasteiger partial charge is 0.368 e. The van der Waals surface area contributed by atoms with Crippen molar-refractivity contribution in [2.45, 2.75) is 56.0 Å². The van der Waals surface area contributed by atoms with Gasteiger partial charge in [-0.2, -0.15) is 15.0 Å². The van der Waals surface area contributed by atoms with Crippen LogP contribution in [0.4, 0.5) is 11.9 Å². The van der Waals surface area contributed by atoms with Gasteiger partial charge in [-0.15, -0.1) is 0 Å². The Morgan fingerprint density at radius 3 is 2.43 bits per heavy atom. The summed E-state index contributed by atoms with van der Waals surface area (Å²) in [5.41, 5.74) is 11.1. The number of rotatable bonds is 5. The van der Waals surface area contributed by atoms with Gasteiger partial charge in [-0.1, -0.05) is 18.2 Å². The lowest BCUT2D eigenvalue weighted by atomic mass is 9.84. The molecule has 1 aromatic rings. The Labute approximate surface area is 140 Å². The van der Waals surface area contributed by atoms with Gasteiger partial charge in [0.15, 0.2) is 5.16 Å². The molecule has 2 fully saturated rings. The summed E-state index contributed by atoms with van der Waals surface area (Å²) in [6, 6.07) is 0.217. The van der Waals surface area contributed by atoms with Crippen LogP contribution in [0.15, 0.2) is 5.16 Å². The summed E-state index contributed by atoms with van der Waals surface area (Å²) in [5, 5.41) is 3.23. The molecule has 3 rings (SSSR count). The molecule has 1 heterocycles. The summed E-state index contributed by atoms with van der Waals surface area (Å²) in [6.45, 7) is 3.96. The van der Waals surface area contributed by atoms with Crippen LogP contribution in [0.25, 0.3) is 0 Å². The van der Waals surface area contributed by atoms with Gasteiger partial charge in [0.25, 0.3) is 0 Å². The third-order valence-electron chi connectivity index (χ3n) is 5.11. The van der Waals surface area contributed by atoms with Crippen LogP contribution in [0.1, 0.15) is 39.5 Å². The molecule has 2 aliphatic rings. The third-order valence-corrected chi connectivity index (χ3v) is 6.07. The highest BCUT2D eigenvalue weighted by Gasteiger charge is 2.42. The number of nitrogens with zero attached hydrogens (tertiary/aromatic N) is 3. The Kier molecular flexibility index (Phi) is 4.61. The van der Waals surface area contributed by atoms with Crippen LogP contribution in [0.3, 0.4) is 0 Å². The van der Waals surface area contributed by atoms with E-state index in [4.69, 9.17) is 11.5 Å². The van der Waals surface area contributed by atoms with E-state index >= 15 is 0 Å². The number of fused-ring (bicyclic) bond motifs is 2. The van der Waals surface area contributed by atoms with Crippen LogP contribution < -0.4 is 16.8 Å². The molecule has 23 heavy (non-hydrogen) atoms. The molecule has 0 radical (unpaired) electrons. The monoisotopic (exact) mass is 336 g/mol. The topological polar surface area (TPSA) is 120 Å². The lowest BCUT2D eigenvalue weighted by Crippen LogP contribution is -2.43. The number of nitrogens with one attached hydrogen (secondary N) is 1. The molecular weight excluding hydrogens is 312 g/mol. The van der Waals surface area contributed by atoms with E-state index in [0.29, 0.717) is 11.1 Å². The van der Waals surface area contributed by atoms with Crippen molar-refractivity contribution in [1.82, 2.24) is 20.3 Å². The maximum Gasteiger partial charge on any atom is 0.233 e. The van der Waals surface area contributed by atoms with Gasteiger partial charge in [0, 0.05) is 6.04 Å². The van der Waals surface area contributed by atoms with Crippen molar-refractivity contribution in [1.29, 1.82) is 0 Å². The molecule has 1 aromatic heterocycles. The second-order valence-corrected chi connectivity index (χ2v) is 8.04. The van der Waals surface area contributed by atoms with Crippen LogP contribution in [0.2, 0.25) is 0 Å². The van der Waals surface area contributed by atoms with Gasteiger partial charge in [0.2, 0.25) is 17.8 Å². The van der Waals surface area contributed by atoms with E-state index in [1.54, 1.807) is 0 Å². The summed E-state index contributed by atoms with van der Waals surface area (Å²) in [6.07, 6.45) is 5.30.